The van der Waals surface area contributed by atoms with Crippen LogP contribution in [0.4, 0.5) is 0 Å². The molecular weight excluding hydrogens is 1100 g/mol. The summed E-state index contributed by atoms with van der Waals surface area (Å²) in [4.78, 5) is 89.7. The molecule has 3 aromatic rings. The summed E-state index contributed by atoms with van der Waals surface area (Å²) in [6.45, 7) is 30.6. The van der Waals surface area contributed by atoms with Gasteiger partial charge in [-0.25, -0.2) is 9.48 Å². The van der Waals surface area contributed by atoms with E-state index in [9.17, 15) is 33.9 Å². The highest BCUT2D eigenvalue weighted by atomic mass is 32.2. The molecule has 18 nitrogen and oxygen atoms in total. The van der Waals surface area contributed by atoms with Crippen LogP contribution in [0.2, 0.25) is 0 Å². The Morgan fingerprint density at radius 2 is 1.52 bits per heavy atom. The fourth-order valence-corrected chi connectivity index (χ4v) is 12.4. The molecule has 0 bridgehead atoms. The summed E-state index contributed by atoms with van der Waals surface area (Å²) < 4.78 is 19.7. The van der Waals surface area contributed by atoms with Crippen LogP contribution in [0, 0.1) is 29.1 Å². The zero-order chi connectivity index (χ0) is 63.7. The molecule has 1 aromatic heterocycles. The number of thioether (sulfide) groups is 1. The minimum atomic E-state index is -1.16. The molecule has 2 heterocycles. The minimum Gasteiger partial charge on any atom is -0.480 e. The van der Waals surface area contributed by atoms with Gasteiger partial charge in [-0.2, -0.15) is 0 Å². The van der Waals surface area contributed by atoms with Gasteiger partial charge in [0.15, 0.2) is 0 Å². The maximum absolute atomic E-state index is 14.8. The number of nitrogens with zero attached hydrogens (tertiary/aromatic N) is 6. The Hall–Kier alpha value is -5.57. The number of likely N-dealkylation sites (N-methyl/N-ethyl adjacent to an activating group) is 2. The maximum Gasteiger partial charge on any atom is 0.326 e. The molecule has 10 atom stereocenters. The number of amides is 5. The third kappa shape index (κ3) is 20.2. The van der Waals surface area contributed by atoms with Gasteiger partial charge in [0.1, 0.15) is 18.1 Å². The molecule has 0 spiro atoms. The van der Waals surface area contributed by atoms with Crippen LogP contribution in [0.25, 0.3) is 10.6 Å². The molecule has 20 heteroatoms. The summed E-state index contributed by atoms with van der Waals surface area (Å²) in [7, 11) is 12.8. The normalized spacial score (nSPS) is 17.4. The van der Waals surface area contributed by atoms with Gasteiger partial charge in [0, 0.05) is 58.0 Å². The number of methoxy groups -OCH3 is 2. The monoisotopic (exact) mass is 1200 g/mol. The number of hydrogen-bond acceptors (Lipinski definition) is 12. The first kappa shape index (κ1) is 71.9. The van der Waals surface area contributed by atoms with Gasteiger partial charge < -0.3 is 44.7 Å². The Bertz CT molecular complexity index is 2670. The van der Waals surface area contributed by atoms with Gasteiger partial charge in [-0.05, 0) is 70.3 Å². The molecule has 5 amide bonds. The van der Waals surface area contributed by atoms with Crippen molar-refractivity contribution in [1.82, 2.24) is 40.3 Å². The van der Waals surface area contributed by atoms with Crippen LogP contribution in [0.15, 0.2) is 67.4 Å². The first-order valence-electron chi connectivity index (χ1n) is 30.4. The summed E-state index contributed by atoms with van der Waals surface area (Å²) in [5.41, 5.74) is 2.22. The van der Waals surface area contributed by atoms with Crippen molar-refractivity contribution in [3.63, 3.8) is 0 Å². The number of likely N-dealkylation sites (tertiary alicyclic amines) is 1. The van der Waals surface area contributed by atoms with Gasteiger partial charge in [0.25, 0.3) is 0 Å². The maximum atomic E-state index is 14.8. The minimum absolute atomic E-state index is 0.0832. The van der Waals surface area contributed by atoms with Crippen LogP contribution < -0.4 is 10.6 Å². The molecule has 0 aliphatic carbocycles. The number of ether oxygens (including phenoxy) is 3. The van der Waals surface area contributed by atoms with E-state index in [1.165, 1.54) is 19.1 Å². The van der Waals surface area contributed by atoms with E-state index in [1.807, 2.05) is 125 Å². The number of unbranched alkanes of at least 4 members (excludes halogenated alkanes) is 1. The lowest BCUT2D eigenvalue weighted by Crippen LogP contribution is -2.60. The van der Waals surface area contributed by atoms with Crippen LogP contribution in [0.5, 0.6) is 0 Å². The lowest BCUT2D eigenvalue weighted by molar-refractivity contribution is -0.149. The summed E-state index contributed by atoms with van der Waals surface area (Å²) in [5.74, 6) is -4.59. The lowest BCUT2D eigenvalue weighted by Gasteiger charge is -2.41. The van der Waals surface area contributed by atoms with E-state index in [4.69, 9.17) is 22.1 Å². The number of aromatic nitrogens is 3. The average Bonchev–Trinajstić information content (AvgIpc) is 4.32. The van der Waals surface area contributed by atoms with Gasteiger partial charge in [-0.1, -0.05) is 164 Å². The number of carboxylic acids is 1. The number of carbonyl (C=O) groups excluding carboxylic acids is 5. The molecule has 1 aliphatic heterocycles. The predicted octanol–water partition coefficient (Wildman–Crippen LogP) is 9.11. The number of rotatable bonds is 35. The first-order chi connectivity index (χ1) is 39.8. The van der Waals surface area contributed by atoms with E-state index < -0.39 is 81.6 Å². The smallest absolute Gasteiger partial charge is 0.326 e. The Balaban J connectivity index is 1.39. The second-order valence-corrected chi connectivity index (χ2v) is 27.5. The van der Waals surface area contributed by atoms with E-state index in [0.717, 1.165) is 46.7 Å². The van der Waals surface area contributed by atoms with Gasteiger partial charge in [0.05, 0.1) is 75.3 Å². The Morgan fingerprint density at radius 1 is 0.871 bits per heavy atom. The van der Waals surface area contributed by atoms with E-state index in [0.29, 0.717) is 32.4 Å². The van der Waals surface area contributed by atoms with Crippen molar-refractivity contribution in [2.75, 3.05) is 48.1 Å². The second kappa shape index (κ2) is 32.4. The topological polar surface area (TPSA) is 215 Å². The second-order valence-electron chi connectivity index (χ2n) is 25.9. The molecule has 2 unspecified atom stereocenters. The highest BCUT2D eigenvalue weighted by molar-refractivity contribution is 8.10. The number of benzene rings is 2. The third-order valence-electron chi connectivity index (χ3n) is 16.7. The molecular formula is C65H101BN8O10S. The van der Waals surface area contributed by atoms with Crippen molar-refractivity contribution in [1.29, 1.82) is 0 Å². The molecule has 2 radical (unpaired) electrons. The summed E-state index contributed by atoms with van der Waals surface area (Å²) in [6.07, 6.45) is 5.43. The Labute approximate surface area is 513 Å². The fraction of sp³-hybridized carbons (Fsp3) is 0.662. The Kier molecular flexibility index (Phi) is 27.4. The molecule has 3 N–H and O–H groups in total. The fourth-order valence-electron chi connectivity index (χ4n) is 11.4. The van der Waals surface area contributed by atoms with Crippen LogP contribution >= 0.6 is 11.8 Å². The molecule has 4 rings (SSSR count). The van der Waals surface area contributed by atoms with E-state index in [-0.39, 0.29) is 61.3 Å². The largest absolute Gasteiger partial charge is 0.480 e. The number of aliphatic carboxylic acids is 1. The van der Waals surface area contributed by atoms with Crippen molar-refractivity contribution in [2.24, 2.45) is 29.1 Å². The standard InChI is InChI=1S/C65H101BN8O10S/c1-19-21-33-65(14,66)85-45(9)47-29-31-48(32-30-47)74-38-52(69-70-74)64(12,13)40-84-39-63(10,11)37-54(76)71(15)56(42(5)6)60(78)68-55(41(3)4)61(79)72(16)57(43(7)20-2)51(82-17)36-53(75)73-34-25-28-50(73)58(83-18)44(8)59(77)67-49(62(80)81)35-46-26-23-22-24-27-46/h22-24,26-27,29-32,38,41-44,49-51,55-58H,9,19-21,25,28,33-37,39-40H2,1-8,10-18H3,(H,67,77)(H,68,78)(H,80,81)/t43-,44+,49-,50-,51+,55-,56?,57-,58+,65?/m0/s1. The summed E-state index contributed by atoms with van der Waals surface area (Å²) in [6, 6.07) is 12.9. The molecule has 1 fully saturated rings. The molecule has 470 valence electrons. The Morgan fingerprint density at radius 3 is 2.08 bits per heavy atom. The van der Waals surface area contributed by atoms with E-state index >= 15 is 0 Å². The van der Waals surface area contributed by atoms with Crippen molar-refractivity contribution in [3.05, 3.63) is 84.2 Å². The van der Waals surface area contributed by atoms with Gasteiger partial charge in [0.2, 0.25) is 29.5 Å². The van der Waals surface area contributed by atoms with Crippen molar-refractivity contribution in [2.45, 2.75) is 200 Å². The van der Waals surface area contributed by atoms with Crippen molar-refractivity contribution in [3.8, 4) is 5.69 Å². The van der Waals surface area contributed by atoms with Gasteiger partial charge in [-0.3, -0.25) is 24.0 Å². The molecule has 2 aromatic carbocycles. The average molecular weight is 1200 g/mol. The van der Waals surface area contributed by atoms with Crippen LogP contribution in [-0.4, -0.2) is 173 Å². The molecule has 85 heavy (non-hydrogen) atoms. The quantitative estimate of drug-likeness (QED) is 0.0469. The van der Waals surface area contributed by atoms with Crippen LogP contribution in [0.1, 0.15) is 158 Å². The van der Waals surface area contributed by atoms with Crippen molar-refractivity contribution >= 4 is 60.0 Å². The predicted molar refractivity (Wildman–Crippen MR) is 338 cm³/mol. The van der Waals surface area contributed by atoms with Crippen LogP contribution in [-0.2, 0) is 54.8 Å². The number of carboxylic acid groups (broad SMARTS) is 1. The van der Waals surface area contributed by atoms with Crippen molar-refractivity contribution < 1.29 is 48.1 Å². The summed E-state index contributed by atoms with van der Waals surface area (Å²) >= 11 is 1.59. The highest BCUT2D eigenvalue weighted by Gasteiger charge is 2.44. The van der Waals surface area contributed by atoms with Crippen LogP contribution in [0.3, 0.4) is 0 Å². The van der Waals surface area contributed by atoms with Gasteiger partial charge in [-0.15, -0.1) is 16.9 Å². The van der Waals surface area contributed by atoms with Gasteiger partial charge >= 0.3 is 5.97 Å². The number of carbonyl (C=O) groups is 6. The third-order valence-corrected chi connectivity index (χ3v) is 17.9. The number of nitrogens with one attached hydrogen (secondary N) is 2. The lowest BCUT2D eigenvalue weighted by atomic mass is 9.84. The summed E-state index contributed by atoms with van der Waals surface area (Å²) in [5, 5.41) is 24.7. The van der Waals surface area contributed by atoms with E-state index in [2.05, 4.69) is 34.4 Å². The van der Waals surface area contributed by atoms with E-state index in [1.54, 1.807) is 59.4 Å². The number of hydrogen-bond donors (Lipinski definition) is 3. The molecule has 1 aliphatic rings. The highest BCUT2D eigenvalue weighted by Crippen LogP contribution is 2.38. The molecule has 0 saturated carbocycles. The molecule has 1 saturated heterocycles. The first-order valence-corrected chi connectivity index (χ1v) is 31.2. The SMILES string of the molecule is [B]C(C)(CCCC)SC(=C)c1ccc(-n2cc(C(C)(C)COCC(C)(C)CC(=O)N(C)C(C(=O)N[C@H](C(=O)N(C)[C@@H]([C@@H](C)CC)[C@@H](CC(=O)N3CCC[C@H]3[C@H](OC)[C@@H](C)C(=O)N[C@@H](Cc3ccccc3)C(=O)O)OC)C(C)C)C(C)C)nn2)cc1. The zero-order valence-electron chi connectivity index (χ0n) is 54.1. The zero-order valence-corrected chi connectivity index (χ0v) is 54.9.